The van der Waals surface area contributed by atoms with E-state index in [0.717, 1.165) is 29.2 Å². The van der Waals surface area contributed by atoms with Crippen LogP contribution in [0.2, 0.25) is 5.02 Å². The summed E-state index contributed by atoms with van der Waals surface area (Å²) >= 11 is 11.6. The quantitative estimate of drug-likeness (QED) is 0.691. The van der Waals surface area contributed by atoms with E-state index in [-0.39, 0.29) is 0 Å². The largest absolute Gasteiger partial charge is 0.496 e. The van der Waals surface area contributed by atoms with Gasteiger partial charge in [-0.05, 0) is 50.3 Å². The monoisotopic (exact) mass is 378 g/mol. The molecule has 0 aliphatic heterocycles. The van der Waals surface area contributed by atoms with Gasteiger partial charge in [-0.2, -0.15) is 4.98 Å². The number of methoxy groups -OCH3 is 1. The third-order valence-electron chi connectivity index (χ3n) is 4.03. The summed E-state index contributed by atoms with van der Waals surface area (Å²) in [6.45, 7) is 5.39. The van der Waals surface area contributed by atoms with Crippen LogP contribution in [-0.2, 0) is 13.2 Å². The zero-order valence-corrected chi connectivity index (χ0v) is 16.3. The topological polar surface area (TPSA) is 48.8 Å². The second-order valence-corrected chi connectivity index (χ2v) is 6.99. The molecule has 25 heavy (non-hydrogen) atoms. The minimum atomic E-state index is 0.526. The summed E-state index contributed by atoms with van der Waals surface area (Å²) in [5, 5.41) is 0.700. The first-order valence-corrected chi connectivity index (χ1v) is 8.75. The zero-order valence-electron chi connectivity index (χ0n) is 14.7. The standard InChI is InChI=1S/C17H20ClN5OS/c1-11-7-12(2)23-16(19-11)20-17(25)22(23)10-21(3)9-13-8-14(18)5-6-15(13)24-4/h5-8H,9-10H2,1-4H3/p+1. The lowest BCUT2D eigenvalue weighted by molar-refractivity contribution is -0.917. The highest BCUT2D eigenvalue weighted by Crippen LogP contribution is 2.21. The van der Waals surface area contributed by atoms with Gasteiger partial charge in [-0.1, -0.05) is 11.6 Å². The van der Waals surface area contributed by atoms with Crippen LogP contribution in [0.5, 0.6) is 5.75 Å². The van der Waals surface area contributed by atoms with E-state index in [9.17, 15) is 0 Å². The number of nitrogens with one attached hydrogen (secondary N) is 1. The molecule has 132 valence electrons. The van der Waals surface area contributed by atoms with E-state index < -0.39 is 0 Å². The molecule has 6 nitrogen and oxygen atoms in total. The lowest BCUT2D eigenvalue weighted by atomic mass is 10.2. The van der Waals surface area contributed by atoms with Gasteiger partial charge in [0.15, 0.2) is 6.67 Å². The van der Waals surface area contributed by atoms with Crippen LogP contribution in [0.3, 0.4) is 0 Å². The van der Waals surface area contributed by atoms with Crippen molar-refractivity contribution in [1.29, 1.82) is 0 Å². The first-order valence-electron chi connectivity index (χ1n) is 7.96. The Balaban J connectivity index is 1.90. The molecule has 3 aromatic rings. The Morgan fingerprint density at radius 1 is 1.24 bits per heavy atom. The maximum atomic E-state index is 6.13. The number of nitrogens with zero attached hydrogens (tertiary/aromatic N) is 4. The highest BCUT2D eigenvalue weighted by Gasteiger charge is 2.15. The molecule has 0 radical (unpaired) electrons. The van der Waals surface area contributed by atoms with Gasteiger partial charge in [-0.25, -0.2) is 14.2 Å². The van der Waals surface area contributed by atoms with Crippen LogP contribution >= 0.6 is 23.8 Å². The molecule has 1 atom stereocenters. The lowest BCUT2D eigenvalue weighted by Crippen LogP contribution is -3.07. The van der Waals surface area contributed by atoms with Gasteiger partial charge < -0.3 is 9.64 Å². The second kappa shape index (κ2) is 7.11. The number of hydrogen-bond acceptors (Lipinski definition) is 4. The van der Waals surface area contributed by atoms with Gasteiger partial charge in [0, 0.05) is 22.0 Å². The van der Waals surface area contributed by atoms with Crippen LogP contribution in [0.4, 0.5) is 0 Å². The predicted octanol–water partition coefficient (Wildman–Crippen LogP) is 2.21. The van der Waals surface area contributed by atoms with Crippen molar-refractivity contribution in [3.63, 3.8) is 0 Å². The maximum absolute atomic E-state index is 6.13. The van der Waals surface area contributed by atoms with E-state index in [2.05, 4.69) is 17.0 Å². The summed E-state index contributed by atoms with van der Waals surface area (Å²) < 4.78 is 9.90. The van der Waals surface area contributed by atoms with E-state index in [1.807, 2.05) is 47.3 Å². The second-order valence-electron chi connectivity index (χ2n) is 6.19. The number of halogens is 1. The number of rotatable bonds is 5. The van der Waals surface area contributed by atoms with E-state index in [0.29, 0.717) is 22.2 Å². The summed E-state index contributed by atoms with van der Waals surface area (Å²) in [7, 11) is 3.76. The van der Waals surface area contributed by atoms with Gasteiger partial charge in [0.1, 0.15) is 12.3 Å². The Morgan fingerprint density at radius 3 is 2.72 bits per heavy atom. The van der Waals surface area contributed by atoms with E-state index in [4.69, 9.17) is 28.6 Å². The van der Waals surface area contributed by atoms with Crippen molar-refractivity contribution >= 4 is 29.6 Å². The molecule has 0 aliphatic rings. The molecule has 2 aromatic heterocycles. The van der Waals surface area contributed by atoms with Crippen LogP contribution < -0.4 is 9.64 Å². The number of benzene rings is 1. The van der Waals surface area contributed by atoms with Crippen molar-refractivity contribution in [2.45, 2.75) is 27.1 Å². The zero-order chi connectivity index (χ0) is 18.1. The molecule has 0 aliphatic carbocycles. The molecule has 0 bridgehead atoms. The summed E-state index contributed by atoms with van der Waals surface area (Å²) in [6, 6.07) is 7.68. The number of fused-ring (bicyclic) bond motifs is 1. The minimum Gasteiger partial charge on any atom is -0.496 e. The predicted molar refractivity (Wildman–Crippen MR) is 99.9 cm³/mol. The Hall–Kier alpha value is -1.96. The normalized spacial score (nSPS) is 12.5. The number of aryl methyl sites for hydroxylation is 2. The number of aromatic nitrogens is 4. The molecule has 0 fully saturated rings. The van der Waals surface area contributed by atoms with Gasteiger partial charge >= 0.3 is 0 Å². The molecule has 1 N–H and O–H groups in total. The minimum absolute atomic E-state index is 0.526. The number of hydrogen-bond donors (Lipinski definition) is 1. The van der Waals surface area contributed by atoms with Crippen LogP contribution in [0.1, 0.15) is 17.0 Å². The maximum Gasteiger partial charge on any atom is 0.252 e. The molecule has 2 heterocycles. The summed E-state index contributed by atoms with van der Waals surface area (Å²) in [5.41, 5.74) is 3.04. The molecule has 0 amide bonds. The van der Waals surface area contributed by atoms with E-state index in [1.165, 1.54) is 4.90 Å². The SMILES string of the molecule is COc1ccc(Cl)cc1C[NH+](C)Cn1c(=S)nc2nc(C)cc(C)n21. The molecule has 8 heteroatoms. The average molecular weight is 379 g/mol. The van der Waals surface area contributed by atoms with Gasteiger partial charge in [0.25, 0.3) is 5.78 Å². The van der Waals surface area contributed by atoms with Crippen molar-refractivity contribution in [2.24, 2.45) is 0 Å². The van der Waals surface area contributed by atoms with Crippen LogP contribution in [0.15, 0.2) is 24.3 Å². The summed E-state index contributed by atoms with van der Waals surface area (Å²) in [6.07, 6.45) is 0. The van der Waals surface area contributed by atoms with Gasteiger partial charge in [0.05, 0.1) is 14.2 Å². The molecular weight excluding hydrogens is 358 g/mol. The highest BCUT2D eigenvalue weighted by molar-refractivity contribution is 7.71. The van der Waals surface area contributed by atoms with Gasteiger partial charge in [-0.3, -0.25) is 0 Å². The molecule has 0 spiro atoms. The number of ether oxygens (including phenoxy) is 1. The smallest absolute Gasteiger partial charge is 0.252 e. The van der Waals surface area contributed by atoms with Crippen LogP contribution in [0, 0.1) is 18.6 Å². The highest BCUT2D eigenvalue weighted by atomic mass is 35.5. The number of quaternary nitrogens is 1. The third kappa shape index (κ3) is 3.68. The molecular formula is C17H21ClN5OS+. The molecule has 3 rings (SSSR count). The lowest BCUT2D eigenvalue weighted by Gasteiger charge is -2.17. The van der Waals surface area contributed by atoms with E-state index >= 15 is 0 Å². The van der Waals surface area contributed by atoms with Crippen molar-refractivity contribution in [3.8, 4) is 5.75 Å². The van der Waals surface area contributed by atoms with Crippen molar-refractivity contribution < 1.29 is 9.64 Å². The Morgan fingerprint density at radius 2 is 2.00 bits per heavy atom. The molecule has 1 unspecified atom stereocenters. The van der Waals surface area contributed by atoms with Crippen molar-refractivity contribution in [1.82, 2.24) is 19.2 Å². The first kappa shape index (κ1) is 17.8. The van der Waals surface area contributed by atoms with Crippen molar-refractivity contribution in [3.05, 3.63) is 51.0 Å². The average Bonchev–Trinajstić information content (AvgIpc) is 2.83. The fraction of sp³-hybridized carbons (Fsp3) is 0.353. The fourth-order valence-electron chi connectivity index (χ4n) is 3.02. The van der Waals surface area contributed by atoms with Gasteiger partial charge in [-0.15, -0.1) is 0 Å². The fourth-order valence-corrected chi connectivity index (χ4v) is 3.44. The van der Waals surface area contributed by atoms with Crippen LogP contribution in [-0.4, -0.2) is 33.3 Å². The third-order valence-corrected chi connectivity index (χ3v) is 4.57. The molecule has 1 aromatic carbocycles. The van der Waals surface area contributed by atoms with Crippen LogP contribution in [0.25, 0.3) is 5.78 Å². The van der Waals surface area contributed by atoms with Crippen molar-refractivity contribution in [2.75, 3.05) is 14.2 Å². The van der Waals surface area contributed by atoms with E-state index in [1.54, 1.807) is 7.11 Å². The Bertz CT molecular complexity index is 981. The summed E-state index contributed by atoms with van der Waals surface area (Å²) in [4.78, 5) is 10.1. The first-order chi connectivity index (χ1) is 11.9. The molecule has 0 saturated carbocycles. The van der Waals surface area contributed by atoms with Gasteiger partial charge in [0.2, 0.25) is 4.77 Å². The summed E-state index contributed by atoms with van der Waals surface area (Å²) in [5.74, 6) is 1.47. The molecule has 0 saturated heterocycles. The Labute approximate surface area is 156 Å². The Kier molecular flexibility index (Phi) is 5.08.